The van der Waals surface area contributed by atoms with Crippen LogP contribution in [0.25, 0.3) is 17.1 Å². The Hall–Kier alpha value is -14.8. The molecule has 3 aromatic heterocycles. The van der Waals surface area contributed by atoms with Gasteiger partial charge in [-0.05, 0) is 240 Å². The summed E-state index contributed by atoms with van der Waals surface area (Å²) in [5.41, 5.74) is 13.9. The second-order valence-corrected chi connectivity index (χ2v) is 37.8. The number of carboxylic acids is 1. The Morgan fingerprint density at radius 2 is 0.658 bits per heavy atom. The molecule has 0 aliphatic carbocycles. The van der Waals surface area contributed by atoms with E-state index >= 15 is 0 Å². The largest absolute Gasteiger partial charge is 0.484 e. The number of ether oxygens (including phenoxy) is 2. The molecule has 32 heteroatoms. The lowest BCUT2D eigenvalue weighted by molar-refractivity contribution is -0.139. The van der Waals surface area contributed by atoms with E-state index in [4.69, 9.17) is 24.8 Å². The second kappa shape index (κ2) is 53.2. The normalized spacial score (nSPS) is 13.9. The number of aromatic nitrogens is 6. The first-order valence-electron chi connectivity index (χ1n) is 51.0. The SMILES string of the molecule is CCCCN(CCCC)C(=O)c1cc(C)n(-c2ccc(NC(=O)CC(=O)O)cc2C(=O)N2Cc3ccccc3C[C@H]2CO)n1.CCCCN(CCCC)C(=O)c1cc(C)n(-c2ccc(NC(=O)COc3ccc(C(C)=O)cc3)cc2C(=O)N2Cc3ccccc3C[C@H]2CO)n1.CCCCN(CCCC)C(=O)c1cc(C)n(-c2ccc(NC(=O)COc3ccc(C(C)C)cc3)cc2C(=O)N2Cc3ccccc3C[C@H]2CO)n1. The fourth-order valence-corrected chi connectivity index (χ4v) is 18.1. The third kappa shape index (κ3) is 28.5. The molecule has 3 atom stereocenters. The highest BCUT2D eigenvalue weighted by Gasteiger charge is 2.38. The first-order chi connectivity index (χ1) is 70.4. The van der Waals surface area contributed by atoms with Crippen LogP contribution in [0.3, 0.4) is 0 Å². The second-order valence-electron chi connectivity index (χ2n) is 37.8. The molecule has 32 nitrogen and oxygen atoms in total. The number of ketones is 1. The third-order valence-corrected chi connectivity index (χ3v) is 26.4. The molecule has 0 fully saturated rings. The number of anilines is 3. The molecular weight excluding hydrogens is 1850 g/mol. The fourth-order valence-electron chi connectivity index (χ4n) is 18.1. The van der Waals surface area contributed by atoms with E-state index in [1.165, 1.54) is 18.6 Å². The molecule has 0 unspecified atom stereocenters. The number of aliphatic carboxylic acids is 1. The lowest BCUT2D eigenvalue weighted by Crippen LogP contribution is -2.46. The quantitative estimate of drug-likeness (QED) is 0.0138. The van der Waals surface area contributed by atoms with Crippen LogP contribution in [-0.2, 0) is 58.1 Å². The smallest absolute Gasteiger partial charge is 0.312 e. The maximum atomic E-state index is 14.6. The minimum Gasteiger partial charge on any atom is -0.484 e. The van der Waals surface area contributed by atoms with Gasteiger partial charge in [-0.1, -0.05) is 179 Å². The van der Waals surface area contributed by atoms with Crippen molar-refractivity contribution in [2.75, 3.05) is 88.3 Å². The number of nitrogens with zero attached hydrogens (tertiary/aromatic N) is 12. The first kappa shape index (κ1) is 110. The number of rotatable bonds is 43. The topological polar surface area (TPSA) is 396 Å². The molecule has 0 spiro atoms. The van der Waals surface area contributed by atoms with Crippen molar-refractivity contribution in [1.82, 2.24) is 58.7 Å². The number of carbonyl (C=O) groups excluding carboxylic acids is 10. The number of fused-ring (bicyclic) bond motifs is 3. The Balaban J connectivity index is 0.000000195. The highest BCUT2D eigenvalue weighted by molar-refractivity contribution is 6.05. The van der Waals surface area contributed by atoms with Gasteiger partial charge >= 0.3 is 5.97 Å². The van der Waals surface area contributed by atoms with E-state index in [1.807, 2.05) is 126 Å². The van der Waals surface area contributed by atoms with Crippen molar-refractivity contribution >= 4 is 82.0 Å². The monoisotopic (exact) mass is 1990 g/mol. The molecule has 8 aromatic carbocycles. The molecule has 14 rings (SSSR count). The highest BCUT2D eigenvalue weighted by atomic mass is 16.5. The molecule has 11 aromatic rings. The van der Waals surface area contributed by atoms with Crippen LogP contribution in [0.1, 0.15) is 281 Å². The molecule has 0 saturated carbocycles. The van der Waals surface area contributed by atoms with Crippen molar-refractivity contribution in [3.05, 3.63) is 289 Å². The van der Waals surface area contributed by atoms with Crippen LogP contribution < -0.4 is 25.4 Å². The molecule has 772 valence electrons. The summed E-state index contributed by atoms with van der Waals surface area (Å²) >= 11 is 0. The number of carboxylic acid groups (broad SMARTS) is 1. The van der Waals surface area contributed by atoms with Gasteiger partial charge in [0.1, 0.15) is 17.9 Å². The maximum absolute atomic E-state index is 14.6. The predicted molar refractivity (Wildman–Crippen MR) is 561 cm³/mol. The zero-order valence-corrected chi connectivity index (χ0v) is 86.0. The number of nitrogens with one attached hydrogen (secondary N) is 3. The molecule has 3 aliphatic rings. The Labute approximate surface area is 854 Å². The van der Waals surface area contributed by atoms with E-state index in [0.29, 0.717) is 152 Å². The summed E-state index contributed by atoms with van der Waals surface area (Å²) in [6.45, 7) is 27.4. The Kier molecular flexibility index (Phi) is 40.1. The molecule has 9 amide bonds. The molecule has 0 bridgehead atoms. The molecule has 6 heterocycles. The molecule has 3 aliphatic heterocycles. The van der Waals surface area contributed by atoms with E-state index in [1.54, 1.807) is 127 Å². The van der Waals surface area contributed by atoms with Gasteiger partial charge in [0.2, 0.25) is 5.91 Å². The number of aryl methyl sites for hydroxylation is 3. The Morgan fingerprint density at radius 1 is 0.377 bits per heavy atom. The highest BCUT2D eigenvalue weighted by Crippen LogP contribution is 2.36. The van der Waals surface area contributed by atoms with Crippen molar-refractivity contribution in [1.29, 1.82) is 0 Å². The maximum Gasteiger partial charge on any atom is 0.312 e. The number of benzene rings is 8. The number of hydrogen-bond donors (Lipinski definition) is 7. The lowest BCUT2D eigenvalue weighted by atomic mass is 9.93. The van der Waals surface area contributed by atoms with Gasteiger partial charge in [-0.25, -0.2) is 14.0 Å². The summed E-state index contributed by atoms with van der Waals surface area (Å²) < 4.78 is 16.2. The van der Waals surface area contributed by atoms with E-state index in [-0.39, 0.29) is 109 Å². The van der Waals surface area contributed by atoms with Gasteiger partial charge < -0.3 is 75.2 Å². The standard InChI is InChI=1S/C41H51N5O5.C40H47N5O6.C33H41N5O6/c1-6-8-20-44(21-9-7-2)41(50)37-22-29(5)46(43-37)38-19-16-33(42-39(48)27-51-35-17-14-30(15-18-35)28(3)4)24-36(38)40(49)45-25-32-13-11-10-12-31(32)23-34(45)26-47;1-5-7-19-43(20-8-6-2)40(50)36-21-27(3)45(42-36)37-18-15-32(41-38(48)26-51-34-16-13-29(14-17-34)28(4)47)23-35(37)39(49)44-24-31-12-10-9-11-30(31)22-33(44)25-46;1-4-6-14-36(15-7-5-2)33(44)28-16-22(3)38(35-28)29-13-12-25(34-30(40)19-31(41)42)18-27(29)32(43)37-20-24-11-9-8-10-23(24)17-26(37)21-39/h10-19,22,24,28,34,47H,6-9,20-21,23,25-27H2,1-5H3,(H,42,48);9-18,21,23,33,46H,5-8,19-20,22,24-26H2,1-4H3,(H,41,48);8-13,16,18,26,39H,4-7,14-15,17,19-21H2,1-3H3,(H,34,40)(H,41,42)/t34-;33-;26-/m000/s1. The van der Waals surface area contributed by atoms with E-state index in [0.717, 1.165) is 110 Å². The Bertz CT molecular complexity index is 6380. The number of Topliss-reactive ketones (excluding diaryl/α,β-unsaturated/α-hetero) is 1. The number of carbonyl (C=O) groups is 11. The van der Waals surface area contributed by atoms with E-state index < -0.39 is 48.2 Å². The van der Waals surface area contributed by atoms with Crippen molar-refractivity contribution in [2.45, 2.75) is 229 Å². The minimum atomic E-state index is -1.27. The van der Waals surface area contributed by atoms with Crippen LogP contribution in [-0.4, -0.2) is 235 Å². The zero-order chi connectivity index (χ0) is 105. The average molecular weight is 1990 g/mol. The molecule has 146 heavy (non-hydrogen) atoms. The summed E-state index contributed by atoms with van der Waals surface area (Å²) in [4.78, 5) is 156. The number of aliphatic hydroxyl groups excluding tert-OH is 3. The summed E-state index contributed by atoms with van der Waals surface area (Å²) in [6.07, 6.45) is 11.9. The number of hydrogen-bond acceptors (Lipinski definition) is 19. The van der Waals surface area contributed by atoms with Gasteiger partial charge in [0.15, 0.2) is 36.1 Å². The van der Waals surface area contributed by atoms with Gasteiger partial charge in [-0.3, -0.25) is 52.7 Å². The van der Waals surface area contributed by atoms with Crippen LogP contribution in [0.4, 0.5) is 17.1 Å². The van der Waals surface area contributed by atoms with Crippen molar-refractivity contribution in [3.63, 3.8) is 0 Å². The van der Waals surface area contributed by atoms with Crippen molar-refractivity contribution in [2.24, 2.45) is 0 Å². The number of aliphatic hydroxyl groups is 3. The van der Waals surface area contributed by atoms with Gasteiger partial charge in [0, 0.05) is 98.6 Å². The summed E-state index contributed by atoms with van der Waals surface area (Å²) in [5, 5.41) is 62.4. The molecule has 0 radical (unpaired) electrons. The van der Waals surface area contributed by atoms with Crippen LogP contribution in [0.2, 0.25) is 0 Å². The van der Waals surface area contributed by atoms with Crippen LogP contribution >= 0.6 is 0 Å². The first-order valence-corrected chi connectivity index (χ1v) is 51.0. The number of unbranched alkanes of at least 4 members (excludes halogenated alkanes) is 6. The van der Waals surface area contributed by atoms with E-state index in [9.17, 15) is 68.1 Å². The molecule has 7 N–H and O–H groups in total. The van der Waals surface area contributed by atoms with Crippen LogP contribution in [0.5, 0.6) is 11.5 Å². The summed E-state index contributed by atoms with van der Waals surface area (Å²) in [7, 11) is 0. The van der Waals surface area contributed by atoms with Gasteiger partial charge in [0.05, 0.1) is 71.7 Å². The van der Waals surface area contributed by atoms with Gasteiger partial charge in [0.25, 0.3) is 47.3 Å². The van der Waals surface area contributed by atoms with Gasteiger partial charge in [-0.15, -0.1) is 0 Å². The van der Waals surface area contributed by atoms with Crippen molar-refractivity contribution < 1.29 is 82.6 Å². The zero-order valence-electron chi connectivity index (χ0n) is 86.0. The van der Waals surface area contributed by atoms with Crippen LogP contribution in [0, 0.1) is 20.8 Å². The average Bonchev–Trinajstić information content (AvgIpc) is 1.34. The Morgan fingerprint density at radius 3 is 0.925 bits per heavy atom. The van der Waals surface area contributed by atoms with Crippen LogP contribution in [0.15, 0.2) is 194 Å². The molecule has 0 saturated heterocycles. The third-order valence-electron chi connectivity index (χ3n) is 26.4. The fraction of sp³-hybridized carbons (Fsp3) is 0.404. The predicted octanol–water partition coefficient (Wildman–Crippen LogP) is 17.1. The molecular formula is C114H139N15O17. The van der Waals surface area contributed by atoms with E-state index in [2.05, 4.69) is 76.4 Å². The lowest BCUT2D eigenvalue weighted by Gasteiger charge is -2.36. The summed E-state index contributed by atoms with van der Waals surface area (Å²) in [5.74, 6) is -3.00. The van der Waals surface area contributed by atoms with Crippen molar-refractivity contribution in [3.8, 4) is 28.6 Å². The number of amides is 9. The van der Waals surface area contributed by atoms with Gasteiger partial charge in [-0.2, -0.15) is 15.3 Å². The minimum absolute atomic E-state index is 0.0683. The summed E-state index contributed by atoms with van der Waals surface area (Å²) in [6, 6.07) is 56.3.